The van der Waals surface area contributed by atoms with Crippen molar-refractivity contribution in [2.75, 3.05) is 29.9 Å². The molecule has 11 heteroatoms. The van der Waals surface area contributed by atoms with Crippen LogP contribution in [-0.4, -0.2) is 43.7 Å². The zero-order chi connectivity index (χ0) is 25.2. The SMILES string of the molecule is O=C1NC(=O)c2ccc(I)cc2C1=CNc1ccc(N2CCC(COC(=O)C(F)(F)F)CC2)cc1. The lowest BCUT2D eigenvalue weighted by atomic mass is 9.95. The summed E-state index contributed by atoms with van der Waals surface area (Å²) in [5.41, 5.74) is 3.06. The predicted molar refractivity (Wildman–Crippen MR) is 132 cm³/mol. The van der Waals surface area contributed by atoms with E-state index in [1.165, 1.54) is 0 Å². The summed E-state index contributed by atoms with van der Waals surface area (Å²) in [6.45, 7) is 1.04. The molecule has 0 radical (unpaired) electrons. The summed E-state index contributed by atoms with van der Waals surface area (Å²) in [4.78, 5) is 37.5. The zero-order valence-corrected chi connectivity index (χ0v) is 20.5. The Kier molecular flexibility index (Phi) is 7.33. The number of piperidine rings is 1. The van der Waals surface area contributed by atoms with Crippen LogP contribution < -0.4 is 15.5 Å². The average Bonchev–Trinajstić information content (AvgIpc) is 2.82. The zero-order valence-electron chi connectivity index (χ0n) is 18.3. The maximum atomic E-state index is 12.4. The van der Waals surface area contributed by atoms with Crippen molar-refractivity contribution in [2.45, 2.75) is 19.0 Å². The highest BCUT2D eigenvalue weighted by Gasteiger charge is 2.41. The Hall–Kier alpha value is -3.09. The molecular weight excluding hydrogens is 578 g/mol. The van der Waals surface area contributed by atoms with Gasteiger partial charge >= 0.3 is 12.1 Å². The Morgan fingerprint density at radius 1 is 1.09 bits per heavy atom. The highest BCUT2D eigenvalue weighted by molar-refractivity contribution is 14.1. The highest BCUT2D eigenvalue weighted by Crippen LogP contribution is 2.28. The highest BCUT2D eigenvalue weighted by atomic mass is 127. The number of halogens is 4. The van der Waals surface area contributed by atoms with Gasteiger partial charge in [0.15, 0.2) is 0 Å². The number of hydrogen-bond donors (Lipinski definition) is 2. The van der Waals surface area contributed by atoms with Crippen LogP contribution in [-0.2, 0) is 14.3 Å². The van der Waals surface area contributed by atoms with Crippen molar-refractivity contribution in [2.24, 2.45) is 5.92 Å². The second kappa shape index (κ2) is 10.3. The molecule has 0 bridgehead atoms. The minimum absolute atomic E-state index is 0.107. The molecule has 0 saturated carbocycles. The number of nitrogens with one attached hydrogen (secondary N) is 2. The summed E-state index contributed by atoms with van der Waals surface area (Å²) in [5, 5.41) is 5.44. The van der Waals surface area contributed by atoms with Gasteiger partial charge in [0, 0.05) is 45.4 Å². The smallest absolute Gasteiger partial charge is 0.459 e. The van der Waals surface area contributed by atoms with Gasteiger partial charge in [-0.1, -0.05) is 0 Å². The first-order valence-electron chi connectivity index (χ1n) is 10.8. The first-order valence-corrected chi connectivity index (χ1v) is 11.9. The summed E-state index contributed by atoms with van der Waals surface area (Å²) in [6.07, 6.45) is -2.17. The van der Waals surface area contributed by atoms with Crippen LogP contribution in [0.5, 0.6) is 0 Å². The first kappa shape index (κ1) is 25.0. The maximum absolute atomic E-state index is 12.4. The molecule has 0 atom stereocenters. The van der Waals surface area contributed by atoms with E-state index in [9.17, 15) is 27.6 Å². The number of fused-ring (bicyclic) bond motifs is 1. The third kappa shape index (κ3) is 5.95. The lowest BCUT2D eigenvalue weighted by Crippen LogP contribution is -2.36. The molecule has 0 aromatic heterocycles. The van der Waals surface area contributed by atoms with Crippen LogP contribution in [0.4, 0.5) is 24.5 Å². The van der Waals surface area contributed by atoms with E-state index in [2.05, 4.69) is 42.9 Å². The number of esters is 1. The molecule has 2 aliphatic heterocycles. The number of hydrogen-bond acceptors (Lipinski definition) is 6. The number of rotatable bonds is 5. The summed E-state index contributed by atoms with van der Waals surface area (Å²) < 4.78 is 42.1. The molecule has 35 heavy (non-hydrogen) atoms. The van der Waals surface area contributed by atoms with Gasteiger partial charge in [0.1, 0.15) is 0 Å². The van der Waals surface area contributed by atoms with Crippen LogP contribution >= 0.6 is 22.6 Å². The summed E-state index contributed by atoms with van der Waals surface area (Å²) >= 11 is 2.12. The van der Waals surface area contributed by atoms with Gasteiger partial charge in [-0.05, 0) is 83.8 Å². The quantitative estimate of drug-likeness (QED) is 0.230. The molecule has 184 valence electrons. The molecule has 4 rings (SSSR count). The third-order valence-corrected chi connectivity index (χ3v) is 6.57. The molecule has 2 aromatic rings. The minimum atomic E-state index is -4.97. The molecule has 7 nitrogen and oxygen atoms in total. The van der Waals surface area contributed by atoms with Crippen molar-refractivity contribution in [3.8, 4) is 0 Å². The van der Waals surface area contributed by atoms with Crippen LogP contribution in [0.15, 0.2) is 48.7 Å². The molecule has 0 spiro atoms. The van der Waals surface area contributed by atoms with Crippen LogP contribution in [0, 0.1) is 9.49 Å². The van der Waals surface area contributed by atoms with Gasteiger partial charge in [-0.25, -0.2) is 4.79 Å². The van der Waals surface area contributed by atoms with Gasteiger partial charge < -0.3 is 15.0 Å². The van der Waals surface area contributed by atoms with Crippen LogP contribution in [0.2, 0.25) is 0 Å². The van der Waals surface area contributed by atoms with Gasteiger partial charge in [0.2, 0.25) is 0 Å². The van der Waals surface area contributed by atoms with Crippen molar-refractivity contribution in [1.82, 2.24) is 5.32 Å². The van der Waals surface area contributed by atoms with Gasteiger partial charge in [0.25, 0.3) is 11.8 Å². The van der Waals surface area contributed by atoms with E-state index in [1.807, 2.05) is 24.3 Å². The van der Waals surface area contributed by atoms with Gasteiger partial charge in [0.05, 0.1) is 12.2 Å². The molecule has 2 aliphatic rings. The van der Waals surface area contributed by atoms with E-state index >= 15 is 0 Å². The second-order valence-corrected chi connectivity index (χ2v) is 9.49. The van der Waals surface area contributed by atoms with Crippen LogP contribution in [0.3, 0.4) is 0 Å². The van der Waals surface area contributed by atoms with Crippen molar-refractivity contribution in [1.29, 1.82) is 0 Å². The summed E-state index contributed by atoms with van der Waals surface area (Å²) in [7, 11) is 0. The molecule has 0 unspecified atom stereocenters. The molecular formula is C24H21F3IN3O4. The number of carbonyl (C=O) groups is 3. The molecule has 1 fully saturated rings. The van der Waals surface area contributed by atoms with Crippen LogP contribution in [0.1, 0.15) is 28.8 Å². The topological polar surface area (TPSA) is 87.7 Å². The van der Waals surface area contributed by atoms with Gasteiger partial charge in [-0.2, -0.15) is 13.2 Å². The van der Waals surface area contributed by atoms with Crippen molar-refractivity contribution in [3.05, 3.63) is 63.4 Å². The van der Waals surface area contributed by atoms with E-state index in [4.69, 9.17) is 0 Å². The lowest BCUT2D eigenvalue weighted by molar-refractivity contribution is -0.201. The largest absolute Gasteiger partial charge is 0.490 e. The number of benzene rings is 2. The number of amides is 2. The van der Waals surface area contributed by atoms with Crippen molar-refractivity contribution >= 4 is 57.3 Å². The standard InChI is InChI=1S/C24H21F3IN3O4/c25-24(26,27)23(34)35-13-14-7-9-31(10-8-14)17-4-2-16(3-5-17)29-12-20-19-11-15(28)1-6-18(19)21(32)30-22(20)33/h1-6,11-12,14,29H,7-10,13H2,(H,30,32,33). The third-order valence-electron chi connectivity index (χ3n) is 5.90. The fourth-order valence-corrected chi connectivity index (χ4v) is 4.49. The monoisotopic (exact) mass is 599 g/mol. The Bertz CT molecular complexity index is 1170. The van der Waals surface area contributed by atoms with Crippen molar-refractivity contribution < 1.29 is 32.3 Å². The number of nitrogens with zero attached hydrogens (tertiary/aromatic N) is 1. The number of ether oxygens (including phenoxy) is 1. The lowest BCUT2D eigenvalue weighted by Gasteiger charge is -2.33. The molecule has 2 N–H and O–H groups in total. The fraction of sp³-hybridized carbons (Fsp3) is 0.292. The van der Waals surface area contributed by atoms with Gasteiger partial charge in [-0.15, -0.1) is 0 Å². The Labute approximate surface area is 212 Å². The summed E-state index contributed by atoms with van der Waals surface area (Å²) in [6, 6.07) is 12.8. The molecule has 1 saturated heterocycles. The Balaban J connectivity index is 1.35. The van der Waals surface area contributed by atoms with E-state index in [1.54, 1.807) is 24.4 Å². The van der Waals surface area contributed by atoms with E-state index in [0.29, 0.717) is 42.6 Å². The number of alkyl halides is 3. The minimum Gasteiger partial charge on any atom is -0.459 e. The number of anilines is 2. The molecule has 2 amide bonds. The second-order valence-electron chi connectivity index (χ2n) is 8.25. The van der Waals surface area contributed by atoms with Crippen molar-refractivity contribution in [3.63, 3.8) is 0 Å². The maximum Gasteiger partial charge on any atom is 0.490 e. The fourth-order valence-electron chi connectivity index (χ4n) is 4.00. The average molecular weight is 599 g/mol. The molecule has 0 aliphatic carbocycles. The molecule has 2 heterocycles. The van der Waals surface area contributed by atoms with E-state index in [-0.39, 0.29) is 12.5 Å². The normalized spacial score (nSPS) is 17.7. The Morgan fingerprint density at radius 2 is 1.77 bits per heavy atom. The van der Waals surface area contributed by atoms with Gasteiger partial charge in [-0.3, -0.25) is 14.9 Å². The predicted octanol–water partition coefficient (Wildman–Crippen LogP) is 4.34. The summed E-state index contributed by atoms with van der Waals surface area (Å²) in [5.74, 6) is -3.15. The van der Waals surface area contributed by atoms with Crippen LogP contribution in [0.25, 0.3) is 5.57 Å². The van der Waals surface area contributed by atoms with E-state index < -0.39 is 24.0 Å². The Morgan fingerprint density at radius 3 is 2.43 bits per heavy atom. The van der Waals surface area contributed by atoms with E-state index in [0.717, 1.165) is 14.9 Å². The first-order chi connectivity index (χ1) is 16.6. The number of imide groups is 1. The molecule has 2 aromatic carbocycles. The number of carbonyl (C=O) groups excluding carboxylic acids is 3.